The van der Waals surface area contributed by atoms with Crippen LogP contribution in [0.2, 0.25) is 5.28 Å². The smallest absolute Gasteiger partial charge is 0.201 e. The lowest BCUT2D eigenvalue weighted by Gasteiger charge is -2.09. The van der Waals surface area contributed by atoms with E-state index in [0.29, 0.717) is 11.2 Å². The van der Waals surface area contributed by atoms with Crippen LogP contribution in [-0.4, -0.2) is 9.97 Å². The molecule has 1 aromatic heterocycles. The number of benzene rings is 1. The van der Waals surface area contributed by atoms with Crippen LogP contribution in [-0.2, 0) is 0 Å². The first-order chi connectivity index (χ1) is 6.59. The number of nitrogens with one attached hydrogen (secondary N) is 1. The van der Waals surface area contributed by atoms with Gasteiger partial charge < -0.3 is 4.98 Å². The maximum absolute atomic E-state index is 5.85. The van der Waals surface area contributed by atoms with Gasteiger partial charge in [-0.3, -0.25) is 0 Å². The van der Waals surface area contributed by atoms with Crippen LogP contribution in [0, 0.1) is 6.92 Å². The van der Waals surface area contributed by atoms with E-state index in [1.54, 1.807) is 0 Å². The second-order valence-electron chi connectivity index (χ2n) is 3.87. The number of hydrogen-bond acceptors (Lipinski definition) is 1. The molecule has 0 aliphatic rings. The third-order valence-electron chi connectivity index (χ3n) is 2.46. The van der Waals surface area contributed by atoms with Gasteiger partial charge in [0.25, 0.3) is 0 Å². The molecule has 3 heteroatoms. The number of aromatic nitrogens is 2. The number of H-pyrrole nitrogens is 1. The van der Waals surface area contributed by atoms with Crippen LogP contribution >= 0.6 is 11.6 Å². The van der Waals surface area contributed by atoms with Gasteiger partial charge in [0.2, 0.25) is 5.28 Å². The van der Waals surface area contributed by atoms with E-state index in [9.17, 15) is 0 Å². The standard InChI is InChI=1S/C11H13ClN2/c1-6(2)9-7(3)4-5-8-10(9)14-11(12)13-8/h4-6H,1-3H3,(H,13,14). The highest BCUT2D eigenvalue weighted by Crippen LogP contribution is 2.27. The van der Waals surface area contributed by atoms with E-state index in [-0.39, 0.29) is 0 Å². The number of nitrogens with zero attached hydrogens (tertiary/aromatic N) is 1. The first-order valence-electron chi connectivity index (χ1n) is 4.74. The minimum atomic E-state index is 0.465. The SMILES string of the molecule is Cc1ccc2[nH]c(Cl)nc2c1C(C)C. The quantitative estimate of drug-likeness (QED) is 0.762. The van der Waals surface area contributed by atoms with Crippen molar-refractivity contribution >= 4 is 22.6 Å². The Bertz CT molecular complexity index is 471. The molecule has 1 heterocycles. The first kappa shape index (κ1) is 9.53. The summed E-state index contributed by atoms with van der Waals surface area (Å²) in [5.74, 6) is 0.470. The maximum atomic E-state index is 5.85. The van der Waals surface area contributed by atoms with Crippen LogP contribution in [0.3, 0.4) is 0 Å². The predicted octanol–water partition coefficient (Wildman–Crippen LogP) is 3.65. The third-order valence-corrected chi connectivity index (χ3v) is 2.64. The van der Waals surface area contributed by atoms with Crippen molar-refractivity contribution in [2.45, 2.75) is 26.7 Å². The number of fused-ring (bicyclic) bond motifs is 1. The van der Waals surface area contributed by atoms with Gasteiger partial charge in [0, 0.05) is 0 Å². The second kappa shape index (κ2) is 3.28. The monoisotopic (exact) mass is 208 g/mol. The minimum Gasteiger partial charge on any atom is -0.329 e. The molecule has 2 nitrogen and oxygen atoms in total. The molecule has 1 N–H and O–H groups in total. The Morgan fingerprint density at radius 2 is 2.07 bits per heavy atom. The van der Waals surface area contributed by atoms with Crippen molar-refractivity contribution < 1.29 is 0 Å². The summed E-state index contributed by atoms with van der Waals surface area (Å²) in [5.41, 5.74) is 4.58. The molecule has 74 valence electrons. The molecule has 0 aliphatic heterocycles. The van der Waals surface area contributed by atoms with Crippen molar-refractivity contribution in [3.63, 3.8) is 0 Å². The van der Waals surface area contributed by atoms with Gasteiger partial charge in [-0.1, -0.05) is 19.9 Å². The molecule has 0 unspecified atom stereocenters. The molecule has 0 bridgehead atoms. The zero-order valence-electron chi connectivity index (χ0n) is 8.56. The third kappa shape index (κ3) is 1.40. The zero-order chi connectivity index (χ0) is 10.3. The van der Waals surface area contributed by atoms with Crippen LogP contribution in [0.25, 0.3) is 11.0 Å². The predicted molar refractivity (Wildman–Crippen MR) is 59.9 cm³/mol. The molecule has 0 saturated heterocycles. The summed E-state index contributed by atoms with van der Waals surface area (Å²) in [5, 5.41) is 0.465. The Labute approximate surface area is 88.3 Å². The van der Waals surface area contributed by atoms with E-state index in [0.717, 1.165) is 11.0 Å². The summed E-state index contributed by atoms with van der Waals surface area (Å²) < 4.78 is 0. The van der Waals surface area contributed by atoms with Gasteiger partial charge in [0.15, 0.2) is 0 Å². The molecule has 1 aromatic carbocycles. The Morgan fingerprint density at radius 1 is 1.36 bits per heavy atom. The summed E-state index contributed by atoms with van der Waals surface area (Å²) in [7, 11) is 0. The fourth-order valence-corrected chi connectivity index (χ4v) is 2.08. The van der Waals surface area contributed by atoms with E-state index in [2.05, 4.69) is 36.8 Å². The van der Waals surface area contributed by atoms with Crippen molar-refractivity contribution in [3.05, 3.63) is 28.5 Å². The number of hydrogen-bond donors (Lipinski definition) is 1. The molecular weight excluding hydrogens is 196 g/mol. The molecule has 0 saturated carbocycles. The second-order valence-corrected chi connectivity index (χ2v) is 4.23. The summed E-state index contributed by atoms with van der Waals surface area (Å²) >= 11 is 5.85. The van der Waals surface area contributed by atoms with E-state index in [4.69, 9.17) is 11.6 Å². The van der Waals surface area contributed by atoms with Gasteiger partial charge in [-0.2, -0.15) is 0 Å². The van der Waals surface area contributed by atoms with Crippen LogP contribution in [0.15, 0.2) is 12.1 Å². The normalized spacial score (nSPS) is 11.5. The Hall–Kier alpha value is -1.02. The van der Waals surface area contributed by atoms with E-state index >= 15 is 0 Å². The number of halogens is 1. The first-order valence-corrected chi connectivity index (χ1v) is 5.12. The van der Waals surface area contributed by atoms with Crippen molar-refractivity contribution in [2.24, 2.45) is 0 Å². The number of imidazole rings is 1. The minimum absolute atomic E-state index is 0.465. The molecule has 0 atom stereocenters. The molecular formula is C11H13ClN2. The average Bonchev–Trinajstić information content (AvgIpc) is 2.43. The van der Waals surface area contributed by atoms with Gasteiger partial charge in [0.05, 0.1) is 11.0 Å². The van der Waals surface area contributed by atoms with Crippen molar-refractivity contribution in [3.8, 4) is 0 Å². The topological polar surface area (TPSA) is 28.7 Å². The molecule has 0 amide bonds. The van der Waals surface area contributed by atoms with Gasteiger partial charge in [-0.25, -0.2) is 4.98 Å². The Balaban J connectivity index is 2.82. The van der Waals surface area contributed by atoms with E-state index < -0.39 is 0 Å². The zero-order valence-corrected chi connectivity index (χ0v) is 9.31. The number of aryl methyl sites for hydroxylation is 1. The van der Waals surface area contributed by atoms with Gasteiger partial charge in [-0.05, 0) is 41.6 Å². The molecule has 0 radical (unpaired) electrons. The van der Waals surface area contributed by atoms with Gasteiger partial charge in [0.1, 0.15) is 0 Å². The summed E-state index contributed by atoms with van der Waals surface area (Å²) in [4.78, 5) is 7.34. The van der Waals surface area contributed by atoms with Crippen molar-refractivity contribution in [1.82, 2.24) is 9.97 Å². The van der Waals surface area contributed by atoms with Gasteiger partial charge >= 0.3 is 0 Å². The fourth-order valence-electron chi connectivity index (χ4n) is 1.90. The summed E-state index contributed by atoms with van der Waals surface area (Å²) in [6, 6.07) is 4.13. The fraction of sp³-hybridized carbons (Fsp3) is 0.364. The highest BCUT2D eigenvalue weighted by Gasteiger charge is 2.11. The van der Waals surface area contributed by atoms with Crippen LogP contribution in [0.4, 0.5) is 0 Å². The molecule has 0 aliphatic carbocycles. The van der Waals surface area contributed by atoms with E-state index in [1.807, 2.05) is 6.07 Å². The Kier molecular flexibility index (Phi) is 2.23. The largest absolute Gasteiger partial charge is 0.329 e. The Morgan fingerprint density at radius 3 is 2.71 bits per heavy atom. The van der Waals surface area contributed by atoms with Crippen LogP contribution in [0.1, 0.15) is 30.9 Å². The molecule has 2 aromatic rings. The van der Waals surface area contributed by atoms with Crippen molar-refractivity contribution in [2.75, 3.05) is 0 Å². The highest BCUT2D eigenvalue weighted by atomic mass is 35.5. The van der Waals surface area contributed by atoms with E-state index in [1.165, 1.54) is 11.1 Å². The average molecular weight is 209 g/mol. The highest BCUT2D eigenvalue weighted by molar-refractivity contribution is 6.29. The summed E-state index contributed by atoms with van der Waals surface area (Å²) in [6.07, 6.45) is 0. The van der Waals surface area contributed by atoms with Crippen molar-refractivity contribution in [1.29, 1.82) is 0 Å². The van der Waals surface area contributed by atoms with Crippen LogP contribution in [0.5, 0.6) is 0 Å². The maximum Gasteiger partial charge on any atom is 0.201 e. The van der Waals surface area contributed by atoms with Gasteiger partial charge in [-0.15, -0.1) is 0 Å². The lowest BCUT2D eigenvalue weighted by molar-refractivity contribution is 0.864. The number of aromatic amines is 1. The lowest BCUT2D eigenvalue weighted by Crippen LogP contribution is -1.93. The molecule has 0 spiro atoms. The summed E-state index contributed by atoms with van der Waals surface area (Å²) in [6.45, 7) is 6.45. The molecule has 14 heavy (non-hydrogen) atoms. The van der Waals surface area contributed by atoms with Crippen LogP contribution < -0.4 is 0 Å². The lowest BCUT2D eigenvalue weighted by atomic mass is 9.96. The molecule has 2 rings (SSSR count). The number of rotatable bonds is 1. The molecule has 0 fully saturated rings.